The molecule has 0 aromatic rings. The molecule has 0 aliphatic carbocycles. The maximum absolute atomic E-state index is 11.6. The Bertz CT molecular complexity index is 245. The van der Waals surface area contributed by atoms with Crippen molar-refractivity contribution >= 4 is 5.91 Å². The minimum absolute atomic E-state index is 0.0800. The Labute approximate surface area is 92.3 Å². The van der Waals surface area contributed by atoms with Gasteiger partial charge in [-0.2, -0.15) is 0 Å². The largest absolute Gasteiger partial charge is 0.332 e. The third-order valence-corrected chi connectivity index (χ3v) is 2.10. The zero-order chi connectivity index (χ0) is 11.7. The van der Waals surface area contributed by atoms with Gasteiger partial charge in [-0.3, -0.25) is 4.79 Å². The Morgan fingerprint density at radius 2 is 1.60 bits per heavy atom. The van der Waals surface area contributed by atoms with Crippen LogP contribution in [0.1, 0.15) is 12.8 Å². The van der Waals surface area contributed by atoms with E-state index in [0.717, 1.165) is 12.8 Å². The van der Waals surface area contributed by atoms with Crippen molar-refractivity contribution in [2.75, 3.05) is 6.54 Å². The lowest BCUT2D eigenvalue weighted by molar-refractivity contribution is -0.127. The lowest BCUT2D eigenvalue weighted by Gasteiger charge is -2.28. The Morgan fingerprint density at radius 1 is 1.07 bits per heavy atom. The van der Waals surface area contributed by atoms with Gasteiger partial charge in [0.05, 0.1) is 0 Å². The summed E-state index contributed by atoms with van der Waals surface area (Å²) in [6.07, 6.45) is 8.14. The molecule has 82 valence electrons. The van der Waals surface area contributed by atoms with Crippen LogP contribution in [0.3, 0.4) is 0 Å². The van der Waals surface area contributed by atoms with Crippen molar-refractivity contribution in [2.24, 2.45) is 0 Å². The van der Waals surface area contributed by atoms with Gasteiger partial charge in [0, 0.05) is 12.6 Å². The van der Waals surface area contributed by atoms with Crippen molar-refractivity contribution < 1.29 is 4.79 Å². The number of carbonyl (C=O) groups excluding carboxylic acids is 1. The van der Waals surface area contributed by atoms with Crippen LogP contribution in [0.4, 0.5) is 0 Å². The van der Waals surface area contributed by atoms with Gasteiger partial charge in [0.1, 0.15) is 0 Å². The zero-order valence-corrected chi connectivity index (χ0v) is 9.19. The Morgan fingerprint density at radius 3 is 1.93 bits per heavy atom. The van der Waals surface area contributed by atoms with Crippen LogP contribution in [0.5, 0.6) is 0 Å². The molecule has 0 unspecified atom stereocenters. The minimum atomic E-state index is -0.0800. The molecule has 0 bridgehead atoms. The van der Waals surface area contributed by atoms with Gasteiger partial charge in [-0.05, 0) is 18.9 Å². The van der Waals surface area contributed by atoms with E-state index in [4.69, 9.17) is 0 Å². The van der Waals surface area contributed by atoms with Crippen LogP contribution in [0.2, 0.25) is 0 Å². The Kier molecular flexibility index (Phi) is 6.98. The normalized spacial score (nSPS) is 9.40. The van der Waals surface area contributed by atoms with Gasteiger partial charge in [0.15, 0.2) is 0 Å². The number of hydrogen-bond acceptors (Lipinski definition) is 1. The summed E-state index contributed by atoms with van der Waals surface area (Å²) >= 11 is 0. The minimum Gasteiger partial charge on any atom is -0.332 e. The van der Waals surface area contributed by atoms with E-state index in [1.54, 1.807) is 23.1 Å². The fourth-order valence-corrected chi connectivity index (χ4v) is 1.41. The molecule has 15 heavy (non-hydrogen) atoms. The van der Waals surface area contributed by atoms with Crippen LogP contribution in [0.15, 0.2) is 50.6 Å². The Hall–Kier alpha value is -1.57. The molecule has 0 aromatic heterocycles. The van der Waals surface area contributed by atoms with Crippen molar-refractivity contribution in [3.8, 4) is 0 Å². The third kappa shape index (κ3) is 4.45. The summed E-state index contributed by atoms with van der Waals surface area (Å²) in [6, 6.07) is 0.100. The summed E-state index contributed by atoms with van der Waals surface area (Å²) < 4.78 is 0. The molecule has 0 spiro atoms. The monoisotopic (exact) mass is 205 g/mol. The molecule has 1 amide bonds. The van der Waals surface area contributed by atoms with E-state index in [1.165, 1.54) is 6.08 Å². The summed E-state index contributed by atoms with van der Waals surface area (Å²) in [5.74, 6) is -0.0800. The fourth-order valence-electron chi connectivity index (χ4n) is 1.41. The van der Waals surface area contributed by atoms with E-state index in [-0.39, 0.29) is 11.9 Å². The molecule has 0 aliphatic rings. The van der Waals surface area contributed by atoms with E-state index in [0.29, 0.717) is 6.54 Å². The van der Waals surface area contributed by atoms with E-state index >= 15 is 0 Å². The number of amides is 1. The van der Waals surface area contributed by atoms with E-state index < -0.39 is 0 Å². The van der Waals surface area contributed by atoms with Crippen LogP contribution in [-0.2, 0) is 4.79 Å². The van der Waals surface area contributed by atoms with Gasteiger partial charge < -0.3 is 4.90 Å². The maximum atomic E-state index is 11.6. The molecular weight excluding hydrogens is 186 g/mol. The first-order valence-corrected chi connectivity index (χ1v) is 4.97. The zero-order valence-electron chi connectivity index (χ0n) is 9.19. The van der Waals surface area contributed by atoms with Crippen molar-refractivity contribution in [3.05, 3.63) is 50.6 Å². The van der Waals surface area contributed by atoms with Gasteiger partial charge in [0.25, 0.3) is 0 Å². The first-order chi connectivity index (χ1) is 7.21. The highest BCUT2D eigenvalue weighted by atomic mass is 16.2. The topological polar surface area (TPSA) is 20.3 Å². The molecule has 0 N–H and O–H groups in total. The smallest absolute Gasteiger partial charge is 0.246 e. The van der Waals surface area contributed by atoms with Gasteiger partial charge >= 0.3 is 0 Å². The summed E-state index contributed by atoms with van der Waals surface area (Å²) in [6.45, 7) is 15.0. The molecule has 0 fully saturated rings. The van der Waals surface area contributed by atoms with Crippen LogP contribution >= 0.6 is 0 Å². The van der Waals surface area contributed by atoms with Gasteiger partial charge in [-0.1, -0.05) is 24.8 Å². The van der Waals surface area contributed by atoms with E-state index in [1.807, 2.05) is 0 Å². The number of rotatable bonds is 8. The standard InChI is InChI=1S/C13H19NO/c1-5-9-12(10-6-2)14(11-7-3)13(15)8-4/h5-8,12H,1-4,9-11H2. The second-order valence-electron chi connectivity index (χ2n) is 3.19. The molecule has 0 aromatic carbocycles. The number of hydrogen-bond donors (Lipinski definition) is 0. The first-order valence-electron chi connectivity index (χ1n) is 4.97. The number of nitrogens with zero attached hydrogens (tertiary/aromatic N) is 1. The summed E-state index contributed by atoms with van der Waals surface area (Å²) in [4.78, 5) is 13.3. The second kappa shape index (κ2) is 7.80. The highest BCUT2D eigenvalue weighted by Crippen LogP contribution is 2.11. The Balaban J connectivity index is 4.70. The van der Waals surface area contributed by atoms with Crippen LogP contribution in [0, 0.1) is 0 Å². The maximum Gasteiger partial charge on any atom is 0.246 e. The molecule has 0 aliphatic heterocycles. The summed E-state index contributed by atoms with van der Waals surface area (Å²) in [5, 5.41) is 0. The van der Waals surface area contributed by atoms with Crippen molar-refractivity contribution in [1.29, 1.82) is 0 Å². The predicted octanol–water partition coefficient (Wildman–Crippen LogP) is 2.71. The SMILES string of the molecule is C=CCC(CC=C)N(CC=C)C(=O)C=C. The average molecular weight is 205 g/mol. The molecule has 0 heterocycles. The van der Waals surface area contributed by atoms with Crippen LogP contribution in [-0.4, -0.2) is 23.4 Å². The molecule has 0 rings (SSSR count). The molecule has 2 nitrogen and oxygen atoms in total. The van der Waals surface area contributed by atoms with Crippen molar-refractivity contribution in [1.82, 2.24) is 4.90 Å². The average Bonchev–Trinajstić information content (AvgIpc) is 2.25. The molecule has 2 heteroatoms. The molecular formula is C13H19NO. The molecule has 0 atom stereocenters. The van der Waals surface area contributed by atoms with E-state index in [9.17, 15) is 4.79 Å². The highest BCUT2D eigenvalue weighted by molar-refractivity contribution is 5.87. The first kappa shape index (κ1) is 13.4. The lowest BCUT2D eigenvalue weighted by atomic mass is 10.1. The van der Waals surface area contributed by atoms with Crippen LogP contribution in [0.25, 0.3) is 0 Å². The van der Waals surface area contributed by atoms with Gasteiger partial charge in [-0.25, -0.2) is 0 Å². The summed E-state index contributed by atoms with van der Waals surface area (Å²) in [7, 11) is 0. The summed E-state index contributed by atoms with van der Waals surface area (Å²) in [5.41, 5.74) is 0. The quantitative estimate of drug-likeness (QED) is 0.441. The third-order valence-electron chi connectivity index (χ3n) is 2.10. The lowest BCUT2D eigenvalue weighted by Crippen LogP contribution is -2.39. The molecule has 0 saturated heterocycles. The highest BCUT2D eigenvalue weighted by Gasteiger charge is 2.17. The molecule has 0 radical (unpaired) electrons. The molecule has 0 saturated carbocycles. The van der Waals surface area contributed by atoms with Crippen molar-refractivity contribution in [3.63, 3.8) is 0 Å². The van der Waals surface area contributed by atoms with E-state index in [2.05, 4.69) is 26.3 Å². The second-order valence-corrected chi connectivity index (χ2v) is 3.19. The van der Waals surface area contributed by atoms with Crippen molar-refractivity contribution in [2.45, 2.75) is 18.9 Å². The van der Waals surface area contributed by atoms with Gasteiger partial charge in [0.2, 0.25) is 5.91 Å². The number of carbonyl (C=O) groups is 1. The van der Waals surface area contributed by atoms with Gasteiger partial charge in [-0.15, -0.1) is 19.7 Å². The predicted molar refractivity (Wildman–Crippen MR) is 65.5 cm³/mol. The van der Waals surface area contributed by atoms with Crippen LogP contribution < -0.4 is 0 Å². The fraction of sp³-hybridized carbons (Fsp3) is 0.308.